The highest BCUT2D eigenvalue weighted by atomic mass is 35.5. The van der Waals surface area contributed by atoms with E-state index in [2.05, 4.69) is 90.2 Å². The van der Waals surface area contributed by atoms with Gasteiger partial charge >= 0.3 is 0 Å². The quantitative estimate of drug-likeness (QED) is 0.0960. The Bertz CT molecular complexity index is 1860. The molecule has 2 fully saturated rings. The van der Waals surface area contributed by atoms with Gasteiger partial charge in [0, 0.05) is 109 Å². The second-order valence-corrected chi connectivity index (χ2v) is 15.3. The van der Waals surface area contributed by atoms with E-state index in [0.29, 0.717) is 11.6 Å². The minimum absolute atomic E-state index is 0.681. The van der Waals surface area contributed by atoms with Crippen LogP contribution in [0.5, 0.6) is 5.75 Å². The number of hydrogen-bond donors (Lipinski definition) is 2. The number of hydrogen-bond acceptors (Lipinski definition) is 6. The second kappa shape index (κ2) is 18.3. The van der Waals surface area contributed by atoms with Gasteiger partial charge in [0.05, 0.1) is 16.7 Å². The lowest BCUT2D eigenvalue weighted by Gasteiger charge is -2.36. The highest BCUT2D eigenvalue weighted by Crippen LogP contribution is 2.30. The summed E-state index contributed by atoms with van der Waals surface area (Å²) < 4.78 is 5.79. The largest absolute Gasteiger partial charge is 0.492 e. The van der Waals surface area contributed by atoms with E-state index in [4.69, 9.17) is 27.9 Å². The molecule has 4 heterocycles. The number of ether oxygens (including phenoxy) is 1. The molecule has 2 aromatic heterocycles. The fourth-order valence-corrected chi connectivity index (χ4v) is 8.54. The molecule has 0 radical (unpaired) electrons. The summed E-state index contributed by atoms with van der Waals surface area (Å²) in [5.41, 5.74) is 5.13. The van der Waals surface area contributed by atoms with Gasteiger partial charge in [-0.3, -0.25) is 9.80 Å². The van der Waals surface area contributed by atoms with Gasteiger partial charge in [0.2, 0.25) is 0 Å². The average Bonchev–Trinajstić information content (AvgIpc) is 3.88. The lowest BCUT2D eigenvalue weighted by Crippen LogP contribution is -2.46. The van der Waals surface area contributed by atoms with Crippen LogP contribution in [0.1, 0.15) is 12.8 Å². The van der Waals surface area contributed by atoms with Crippen LogP contribution in [0.3, 0.4) is 0 Å². The Kier molecular flexibility index (Phi) is 12.9. The van der Waals surface area contributed by atoms with E-state index in [1.54, 1.807) is 0 Å². The zero-order chi connectivity index (χ0) is 35.5. The summed E-state index contributed by atoms with van der Waals surface area (Å²) in [6, 6.07) is 33.1. The number of thioether (sulfide) groups is 1. The molecule has 272 valence electrons. The molecule has 2 N–H and O–H groups in total. The molecule has 6 aromatic rings. The summed E-state index contributed by atoms with van der Waals surface area (Å²) in [5, 5.41) is 4.19. The van der Waals surface area contributed by atoms with Gasteiger partial charge < -0.3 is 24.5 Å². The number of para-hydroxylation sites is 1. The molecule has 0 aliphatic carbocycles. The first-order chi connectivity index (χ1) is 25.6. The van der Waals surface area contributed by atoms with Crippen molar-refractivity contribution in [3.63, 3.8) is 0 Å². The average molecular weight is 756 g/mol. The number of nitrogens with one attached hydrogen (secondary N) is 2. The molecule has 2 saturated heterocycles. The van der Waals surface area contributed by atoms with E-state index in [1.807, 2.05) is 60.6 Å². The zero-order valence-corrected chi connectivity index (χ0v) is 32.0. The van der Waals surface area contributed by atoms with Crippen LogP contribution < -0.4 is 14.5 Å². The SMILES string of the molecule is Clc1ccccc1OCCCN1CCN(c2cccc3[nH]ccc23)CC1.Clc1ccccc1SCCCN1CCN(c2cccc3[nH]ccc23)CC1. The Morgan fingerprint density at radius 2 is 1.10 bits per heavy atom. The number of aromatic amines is 2. The third-order valence-corrected chi connectivity index (χ3v) is 11.9. The first-order valence-electron chi connectivity index (χ1n) is 18.4. The van der Waals surface area contributed by atoms with Gasteiger partial charge in [0.1, 0.15) is 5.75 Å². The maximum atomic E-state index is 6.22. The van der Waals surface area contributed by atoms with Crippen molar-refractivity contribution < 1.29 is 4.74 Å². The minimum atomic E-state index is 0.681. The van der Waals surface area contributed by atoms with Gasteiger partial charge in [0.15, 0.2) is 0 Å². The standard InChI is InChI=1S/C21H24ClN3O.C21H24ClN3S/c2*22-18-5-1-2-8-21(18)26-16-4-11-24-12-14-25(15-13-24)20-7-3-6-19-17(20)9-10-23-19/h2*1-3,5-10,23H,4,11-16H2. The van der Waals surface area contributed by atoms with Gasteiger partial charge in [0.25, 0.3) is 0 Å². The smallest absolute Gasteiger partial charge is 0.137 e. The van der Waals surface area contributed by atoms with Crippen LogP contribution in [-0.4, -0.2) is 97.6 Å². The molecule has 0 amide bonds. The molecule has 0 saturated carbocycles. The maximum absolute atomic E-state index is 6.22. The molecule has 10 heteroatoms. The Balaban J connectivity index is 0.000000162. The van der Waals surface area contributed by atoms with Crippen LogP contribution in [0.15, 0.2) is 114 Å². The van der Waals surface area contributed by atoms with E-state index < -0.39 is 0 Å². The molecular weight excluding hydrogens is 707 g/mol. The number of H-pyrrole nitrogens is 2. The summed E-state index contributed by atoms with van der Waals surface area (Å²) in [6.45, 7) is 11.7. The highest BCUT2D eigenvalue weighted by Gasteiger charge is 2.20. The van der Waals surface area contributed by atoms with Crippen molar-refractivity contribution in [2.24, 2.45) is 0 Å². The van der Waals surface area contributed by atoms with Crippen LogP contribution >= 0.6 is 35.0 Å². The van der Waals surface area contributed by atoms with Crippen LogP contribution in [0, 0.1) is 0 Å². The predicted molar refractivity (Wildman–Crippen MR) is 222 cm³/mol. The summed E-state index contributed by atoms with van der Waals surface area (Å²) in [5.74, 6) is 1.89. The Morgan fingerprint density at radius 1 is 0.558 bits per heavy atom. The maximum Gasteiger partial charge on any atom is 0.137 e. The summed E-state index contributed by atoms with van der Waals surface area (Å²) >= 11 is 14.2. The van der Waals surface area contributed by atoms with E-state index in [-0.39, 0.29) is 0 Å². The molecule has 2 aliphatic heterocycles. The fraction of sp³-hybridized carbons (Fsp3) is 0.333. The monoisotopic (exact) mass is 754 g/mol. The molecule has 0 unspecified atom stereocenters. The van der Waals surface area contributed by atoms with Crippen molar-refractivity contribution in [1.29, 1.82) is 0 Å². The van der Waals surface area contributed by atoms with Crippen molar-refractivity contribution in [2.75, 3.05) is 87.6 Å². The number of fused-ring (bicyclic) bond motifs is 2. The number of anilines is 2. The van der Waals surface area contributed by atoms with E-state index >= 15 is 0 Å². The van der Waals surface area contributed by atoms with E-state index in [9.17, 15) is 0 Å². The lowest BCUT2D eigenvalue weighted by atomic mass is 10.1. The Morgan fingerprint density at radius 3 is 1.67 bits per heavy atom. The first kappa shape index (κ1) is 36.6. The first-order valence-corrected chi connectivity index (χ1v) is 20.2. The summed E-state index contributed by atoms with van der Waals surface area (Å²) in [6.07, 6.45) is 6.26. The minimum Gasteiger partial charge on any atom is -0.492 e. The Hall–Kier alpha value is -3.79. The topological polar surface area (TPSA) is 53.8 Å². The van der Waals surface area contributed by atoms with Crippen molar-refractivity contribution in [2.45, 2.75) is 17.7 Å². The summed E-state index contributed by atoms with van der Waals surface area (Å²) in [7, 11) is 0. The number of rotatable bonds is 12. The molecule has 0 spiro atoms. The third kappa shape index (κ3) is 9.41. The van der Waals surface area contributed by atoms with Gasteiger partial charge in [-0.2, -0.15) is 0 Å². The van der Waals surface area contributed by atoms with Crippen molar-refractivity contribution in [1.82, 2.24) is 19.8 Å². The second-order valence-electron chi connectivity index (χ2n) is 13.4. The molecule has 2 aliphatic rings. The predicted octanol–water partition coefficient (Wildman–Crippen LogP) is 9.54. The molecule has 7 nitrogen and oxygen atoms in total. The highest BCUT2D eigenvalue weighted by molar-refractivity contribution is 7.99. The van der Waals surface area contributed by atoms with Crippen molar-refractivity contribution >= 4 is 68.1 Å². The van der Waals surface area contributed by atoms with E-state index in [0.717, 1.165) is 81.8 Å². The van der Waals surface area contributed by atoms with Gasteiger partial charge in [-0.05, 0) is 85.8 Å². The van der Waals surface area contributed by atoms with Crippen LogP contribution in [0.2, 0.25) is 10.0 Å². The Labute approximate surface area is 321 Å². The fourth-order valence-electron chi connectivity index (χ4n) is 7.18. The van der Waals surface area contributed by atoms with Crippen molar-refractivity contribution in [3.05, 3.63) is 120 Å². The zero-order valence-electron chi connectivity index (χ0n) is 29.7. The summed E-state index contributed by atoms with van der Waals surface area (Å²) in [4.78, 5) is 17.9. The van der Waals surface area contributed by atoms with Gasteiger partial charge in [-0.1, -0.05) is 59.6 Å². The molecule has 0 atom stereocenters. The molecule has 4 aromatic carbocycles. The van der Waals surface area contributed by atoms with Gasteiger partial charge in [-0.15, -0.1) is 11.8 Å². The van der Waals surface area contributed by atoms with Crippen LogP contribution in [-0.2, 0) is 0 Å². The molecule has 0 bridgehead atoms. The number of nitrogens with zero attached hydrogens (tertiary/aromatic N) is 4. The molecule has 8 rings (SSSR count). The number of piperazine rings is 2. The van der Waals surface area contributed by atoms with Crippen molar-refractivity contribution in [3.8, 4) is 5.75 Å². The number of halogens is 2. The van der Waals surface area contributed by atoms with Gasteiger partial charge in [-0.25, -0.2) is 0 Å². The molecule has 52 heavy (non-hydrogen) atoms. The lowest BCUT2D eigenvalue weighted by molar-refractivity contribution is 0.225. The van der Waals surface area contributed by atoms with Crippen LogP contribution in [0.25, 0.3) is 21.8 Å². The molecular formula is C42H48Cl2N6OS. The number of aromatic nitrogens is 2. The van der Waals surface area contributed by atoms with E-state index in [1.165, 1.54) is 51.0 Å². The number of benzene rings is 4. The third-order valence-electron chi connectivity index (χ3n) is 10.00. The normalized spacial score (nSPS) is 15.6. The van der Waals surface area contributed by atoms with Crippen LogP contribution in [0.4, 0.5) is 11.4 Å².